The molecule has 29 heavy (non-hydrogen) atoms. The van der Waals surface area contributed by atoms with Crippen molar-refractivity contribution in [2.75, 3.05) is 18.5 Å². The monoisotopic (exact) mass is 428 g/mol. The van der Waals surface area contributed by atoms with Crippen LogP contribution in [0.5, 0.6) is 5.75 Å². The summed E-state index contributed by atoms with van der Waals surface area (Å²) in [5.74, 6) is 0.302. The van der Waals surface area contributed by atoms with Gasteiger partial charge in [-0.2, -0.15) is 0 Å². The molecule has 4 rings (SSSR count). The number of carbonyl (C=O) groups is 1. The average molecular weight is 429 g/mol. The summed E-state index contributed by atoms with van der Waals surface area (Å²) in [7, 11) is 0. The highest BCUT2D eigenvalue weighted by Gasteiger charge is 2.19. The second kappa shape index (κ2) is 8.95. The fourth-order valence-electron chi connectivity index (χ4n) is 3.23. The zero-order valence-corrected chi connectivity index (χ0v) is 17.6. The Morgan fingerprint density at radius 3 is 2.83 bits per heavy atom. The smallest absolute Gasteiger partial charge is 0.261 e. The largest absolute Gasteiger partial charge is 0.490 e. The van der Waals surface area contributed by atoms with Gasteiger partial charge in [0.25, 0.3) is 5.91 Å². The van der Waals surface area contributed by atoms with Crippen molar-refractivity contribution in [3.05, 3.63) is 64.0 Å². The van der Waals surface area contributed by atoms with Gasteiger partial charge in [-0.25, -0.2) is 4.98 Å². The highest BCUT2D eigenvalue weighted by atomic mass is 35.5. The van der Waals surface area contributed by atoms with Crippen LogP contribution in [0, 0.1) is 6.92 Å². The van der Waals surface area contributed by atoms with E-state index < -0.39 is 0 Å². The number of hydrogen-bond donors (Lipinski definition) is 1. The molecule has 0 saturated carbocycles. The summed E-state index contributed by atoms with van der Waals surface area (Å²) in [5.41, 5.74) is 2.28. The fourth-order valence-corrected chi connectivity index (χ4v) is 4.19. The number of halogens is 1. The molecule has 0 spiro atoms. The highest BCUT2D eigenvalue weighted by molar-refractivity contribution is 7.16. The molecule has 0 radical (unpaired) electrons. The molecule has 150 valence electrons. The molecule has 1 saturated heterocycles. The molecule has 1 aliphatic rings. The van der Waals surface area contributed by atoms with E-state index in [1.807, 2.05) is 43.3 Å². The third kappa shape index (κ3) is 4.78. The van der Waals surface area contributed by atoms with Crippen molar-refractivity contribution in [1.82, 2.24) is 4.98 Å². The first-order valence-electron chi connectivity index (χ1n) is 9.48. The van der Waals surface area contributed by atoms with E-state index in [9.17, 15) is 4.79 Å². The number of amides is 1. The van der Waals surface area contributed by atoms with Crippen molar-refractivity contribution in [1.29, 1.82) is 0 Å². The molecular weight excluding hydrogens is 408 g/mol. The predicted molar refractivity (Wildman–Crippen MR) is 116 cm³/mol. The molecule has 1 aliphatic heterocycles. The van der Waals surface area contributed by atoms with Crippen LogP contribution in [0.1, 0.15) is 28.1 Å². The summed E-state index contributed by atoms with van der Waals surface area (Å²) >= 11 is 7.41. The summed E-state index contributed by atoms with van der Waals surface area (Å²) < 4.78 is 11.5. The Bertz CT molecular complexity index is 998. The second-order valence-electron chi connectivity index (χ2n) is 6.83. The molecule has 1 fully saturated rings. The first-order chi connectivity index (χ1) is 14.1. The van der Waals surface area contributed by atoms with Crippen LogP contribution < -0.4 is 10.1 Å². The van der Waals surface area contributed by atoms with Crippen molar-refractivity contribution < 1.29 is 14.3 Å². The van der Waals surface area contributed by atoms with E-state index in [0.29, 0.717) is 28.1 Å². The first-order valence-corrected chi connectivity index (χ1v) is 10.7. The van der Waals surface area contributed by atoms with Crippen LogP contribution in [-0.4, -0.2) is 30.2 Å². The molecule has 1 aromatic heterocycles. The molecule has 1 atom stereocenters. The minimum Gasteiger partial charge on any atom is -0.490 e. The Hall–Kier alpha value is -2.41. The molecule has 2 aromatic carbocycles. The number of benzene rings is 2. The van der Waals surface area contributed by atoms with Gasteiger partial charge in [0, 0.05) is 22.1 Å². The van der Waals surface area contributed by atoms with Crippen molar-refractivity contribution in [2.24, 2.45) is 0 Å². The van der Waals surface area contributed by atoms with Gasteiger partial charge in [-0.1, -0.05) is 35.9 Å². The van der Waals surface area contributed by atoms with Gasteiger partial charge in [0.1, 0.15) is 12.4 Å². The van der Waals surface area contributed by atoms with Crippen LogP contribution in [0.3, 0.4) is 0 Å². The standard InChI is InChI=1S/C22H21ClN2O3S/c1-14-20(15-8-10-16(23)11-9-15)24-22(29-14)25-21(26)18-6-2-3-7-19(18)28-13-17-5-4-12-27-17/h2-3,6-11,17H,4-5,12-13H2,1H3,(H,24,25,26). The number of anilines is 1. The summed E-state index contributed by atoms with van der Waals surface area (Å²) in [6.45, 7) is 3.20. The summed E-state index contributed by atoms with van der Waals surface area (Å²) in [4.78, 5) is 18.5. The molecule has 1 N–H and O–H groups in total. The van der Waals surface area contributed by atoms with Crippen LogP contribution in [0.2, 0.25) is 5.02 Å². The first kappa shape index (κ1) is 19.9. The van der Waals surface area contributed by atoms with Crippen LogP contribution in [-0.2, 0) is 4.74 Å². The van der Waals surface area contributed by atoms with Crippen LogP contribution in [0.25, 0.3) is 11.3 Å². The number of rotatable bonds is 6. The number of thiazole rings is 1. The molecule has 1 amide bonds. The molecule has 7 heteroatoms. The SMILES string of the molecule is Cc1sc(NC(=O)c2ccccc2OCC2CCCO2)nc1-c1ccc(Cl)cc1. The fraction of sp³-hybridized carbons (Fsp3) is 0.273. The number of ether oxygens (including phenoxy) is 2. The highest BCUT2D eigenvalue weighted by Crippen LogP contribution is 2.31. The molecule has 1 unspecified atom stereocenters. The summed E-state index contributed by atoms with van der Waals surface area (Å²) in [6.07, 6.45) is 2.13. The van der Waals surface area contributed by atoms with Crippen molar-refractivity contribution in [3.8, 4) is 17.0 Å². The van der Waals surface area contributed by atoms with Gasteiger partial charge in [0.2, 0.25) is 0 Å². The van der Waals surface area contributed by atoms with E-state index in [0.717, 1.165) is 35.6 Å². The lowest BCUT2D eigenvalue weighted by molar-refractivity contribution is 0.0673. The minimum absolute atomic E-state index is 0.0923. The van der Waals surface area contributed by atoms with Gasteiger partial charge in [0.15, 0.2) is 5.13 Å². The lowest BCUT2D eigenvalue weighted by atomic mass is 10.1. The molecule has 2 heterocycles. The van der Waals surface area contributed by atoms with E-state index in [1.54, 1.807) is 12.1 Å². The number of carbonyl (C=O) groups excluding carboxylic acids is 1. The quantitative estimate of drug-likeness (QED) is 0.556. The Balaban J connectivity index is 1.48. The Morgan fingerprint density at radius 1 is 1.28 bits per heavy atom. The topological polar surface area (TPSA) is 60.5 Å². The number of nitrogens with one attached hydrogen (secondary N) is 1. The third-order valence-corrected chi connectivity index (χ3v) is 5.85. The van der Waals surface area contributed by atoms with Gasteiger partial charge < -0.3 is 9.47 Å². The molecule has 3 aromatic rings. The zero-order chi connectivity index (χ0) is 20.2. The van der Waals surface area contributed by atoms with Gasteiger partial charge >= 0.3 is 0 Å². The zero-order valence-electron chi connectivity index (χ0n) is 16.0. The number of aryl methyl sites for hydroxylation is 1. The maximum absolute atomic E-state index is 12.9. The van der Waals surface area contributed by atoms with E-state index in [1.165, 1.54) is 11.3 Å². The number of para-hydroxylation sites is 1. The van der Waals surface area contributed by atoms with E-state index in [4.69, 9.17) is 21.1 Å². The lowest BCUT2D eigenvalue weighted by Gasteiger charge is -2.14. The van der Waals surface area contributed by atoms with Crippen molar-refractivity contribution in [3.63, 3.8) is 0 Å². The molecule has 0 bridgehead atoms. The predicted octanol–water partition coefficient (Wildman–Crippen LogP) is 5.58. The normalized spacial score (nSPS) is 16.0. The average Bonchev–Trinajstić information content (AvgIpc) is 3.37. The van der Waals surface area contributed by atoms with E-state index in [2.05, 4.69) is 10.3 Å². The van der Waals surface area contributed by atoms with E-state index >= 15 is 0 Å². The third-order valence-electron chi connectivity index (χ3n) is 4.72. The van der Waals surface area contributed by atoms with Crippen molar-refractivity contribution >= 4 is 34.0 Å². The maximum atomic E-state index is 12.9. The lowest BCUT2D eigenvalue weighted by Crippen LogP contribution is -2.19. The second-order valence-corrected chi connectivity index (χ2v) is 8.47. The Kier molecular flexibility index (Phi) is 6.13. The number of aromatic nitrogens is 1. The molecular formula is C22H21ClN2O3S. The molecule has 0 aliphatic carbocycles. The van der Waals surface area contributed by atoms with Crippen LogP contribution in [0.4, 0.5) is 5.13 Å². The Morgan fingerprint density at radius 2 is 2.07 bits per heavy atom. The van der Waals surface area contributed by atoms with Gasteiger partial charge in [-0.3, -0.25) is 10.1 Å². The Labute approximate surface area is 178 Å². The molecule has 5 nitrogen and oxygen atoms in total. The van der Waals surface area contributed by atoms with Gasteiger partial charge in [-0.15, -0.1) is 11.3 Å². The maximum Gasteiger partial charge on any atom is 0.261 e. The summed E-state index contributed by atoms with van der Waals surface area (Å²) in [6, 6.07) is 14.7. The van der Waals surface area contributed by atoms with Gasteiger partial charge in [0.05, 0.1) is 17.4 Å². The van der Waals surface area contributed by atoms with Crippen LogP contribution >= 0.6 is 22.9 Å². The van der Waals surface area contributed by atoms with Crippen LogP contribution in [0.15, 0.2) is 48.5 Å². The number of nitrogens with zero attached hydrogens (tertiary/aromatic N) is 1. The summed E-state index contributed by atoms with van der Waals surface area (Å²) in [5, 5.41) is 4.12. The van der Waals surface area contributed by atoms with Crippen molar-refractivity contribution in [2.45, 2.75) is 25.9 Å². The van der Waals surface area contributed by atoms with Gasteiger partial charge in [-0.05, 0) is 44.0 Å². The van der Waals surface area contributed by atoms with E-state index in [-0.39, 0.29) is 12.0 Å². The minimum atomic E-state index is -0.246. The number of hydrogen-bond acceptors (Lipinski definition) is 5.